The Hall–Kier alpha value is -1.35. The van der Waals surface area contributed by atoms with Crippen molar-refractivity contribution in [2.75, 3.05) is 52.4 Å². The fourth-order valence-electron chi connectivity index (χ4n) is 6.03. The number of halogens is 1. The summed E-state index contributed by atoms with van der Waals surface area (Å²) in [4.78, 5) is 24.6. The lowest BCUT2D eigenvalue weighted by molar-refractivity contribution is -0.135. The minimum Gasteiger partial charge on any atom is -0.357 e. The molecule has 4 aliphatic rings. The lowest BCUT2D eigenvalue weighted by atomic mass is 10.0. The number of nitrogens with one attached hydrogen (secondary N) is 1. The molecular weight excluding hydrogens is 513 g/mol. The predicted octanol–water partition coefficient (Wildman–Crippen LogP) is 2.78. The van der Waals surface area contributed by atoms with E-state index in [2.05, 4.69) is 53.2 Å². The van der Waals surface area contributed by atoms with Crippen molar-refractivity contribution in [1.82, 2.24) is 20.0 Å². The molecule has 176 valence electrons. The number of carbonyl (C=O) groups excluding carboxylic acids is 1. The van der Waals surface area contributed by atoms with Crippen molar-refractivity contribution in [3.8, 4) is 0 Å². The summed E-state index contributed by atoms with van der Waals surface area (Å²) in [5, 5.41) is 3.51. The zero-order valence-electron chi connectivity index (χ0n) is 19.5. The Bertz CT molecular complexity index is 831. The number of guanidine groups is 1. The van der Waals surface area contributed by atoms with Crippen LogP contribution in [0.4, 0.5) is 0 Å². The number of aliphatic imine (C=N–C) groups is 1. The van der Waals surface area contributed by atoms with Gasteiger partial charge in [0.15, 0.2) is 5.96 Å². The molecule has 1 aromatic rings. The van der Waals surface area contributed by atoms with E-state index < -0.39 is 0 Å². The molecule has 0 radical (unpaired) electrons. The Kier molecular flexibility index (Phi) is 7.65. The van der Waals surface area contributed by atoms with Crippen LogP contribution in [-0.4, -0.2) is 85.0 Å². The summed E-state index contributed by atoms with van der Waals surface area (Å²) in [5.41, 5.74) is 3.13. The van der Waals surface area contributed by atoms with Crippen LogP contribution in [0.25, 0.3) is 0 Å². The van der Waals surface area contributed by atoms with Crippen LogP contribution in [-0.2, 0) is 11.2 Å². The molecule has 2 aliphatic carbocycles. The third-order valence-corrected chi connectivity index (χ3v) is 7.92. The van der Waals surface area contributed by atoms with Gasteiger partial charge in [-0.1, -0.05) is 24.3 Å². The molecule has 2 saturated heterocycles. The lowest BCUT2D eigenvalue weighted by Gasteiger charge is -2.39. The minimum atomic E-state index is -0.00863. The van der Waals surface area contributed by atoms with Gasteiger partial charge in [-0.15, -0.1) is 24.0 Å². The van der Waals surface area contributed by atoms with Crippen molar-refractivity contribution >= 4 is 35.8 Å². The van der Waals surface area contributed by atoms with E-state index in [1.807, 2.05) is 4.90 Å². The van der Waals surface area contributed by atoms with Gasteiger partial charge in [-0.05, 0) is 62.0 Å². The van der Waals surface area contributed by atoms with Gasteiger partial charge in [0, 0.05) is 52.4 Å². The largest absolute Gasteiger partial charge is 0.357 e. The van der Waals surface area contributed by atoms with E-state index in [0.29, 0.717) is 11.8 Å². The third-order valence-electron chi connectivity index (χ3n) is 7.92. The van der Waals surface area contributed by atoms with Gasteiger partial charge in [0.2, 0.25) is 5.91 Å². The predicted molar refractivity (Wildman–Crippen MR) is 140 cm³/mol. The summed E-state index contributed by atoms with van der Waals surface area (Å²) in [6.07, 6.45) is 3.55. The summed E-state index contributed by atoms with van der Waals surface area (Å²) in [7, 11) is 0. The highest BCUT2D eigenvalue weighted by molar-refractivity contribution is 14.0. The van der Waals surface area contributed by atoms with E-state index in [1.165, 1.54) is 6.42 Å². The van der Waals surface area contributed by atoms with Crippen molar-refractivity contribution in [2.45, 2.75) is 45.1 Å². The Morgan fingerprint density at radius 1 is 1.09 bits per heavy atom. The van der Waals surface area contributed by atoms with E-state index in [0.717, 1.165) is 83.0 Å². The maximum absolute atomic E-state index is 12.8. The molecule has 4 unspecified atom stereocenters. The van der Waals surface area contributed by atoms with Gasteiger partial charge in [-0.2, -0.15) is 0 Å². The standard InChI is InChI=1S/C25H37N5O.HI/c1-3-26-25(27-17-22-21-16-19-8-4-5-9-20(19)23(21)22)30-14-12-28(13-15-30)18(2)24(31)29-10-6-7-11-29;/h4-5,8-9,18,21-23H,3,6-7,10-17H2,1-2H3,(H,26,27);1H. The Balaban J connectivity index is 0.00000245. The van der Waals surface area contributed by atoms with Crippen molar-refractivity contribution < 1.29 is 4.79 Å². The summed E-state index contributed by atoms with van der Waals surface area (Å²) in [6.45, 7) is 11.6. The van der Waals surface area contributed by atoms with Gasteiger partial charge < -0.3 is 15.1 Å². The lowest BCUT2D eigenvalue weighted by Crippen LogP contribution is -2.57. The molecule has 4 atom stereocenters. The van der Waals surface area contributed by atoms with Crippen LogP contribution in [0.3, 0.4) is 0 Å². The van der Waals surface area contributed by atoms with Crippen LogP contribution in [0.5, 0.6) is 0 Å². The quantitative estimate of drug-likeness (QED) is 0.348. The van der Waals surface area contributed by atoms with E-state index in [9.17, 15) is 4.79 Å². The second-order valence-electron chi connectivity index (χ2n) is 9.68. The fourth-order valence-corrected chi connectivity index (χ4v) is 6.03. The molecule has 2 aliphatic heterocycles. The number of likely N-dealkylation sites (tertiary alicyclic amines) is 1. The van der Waals surface area contributed by atoms with E-state index in [1.54, 1.807) is 11.1 Å². The molecule has 7 heteroatoms. The number of fused-ring (bicyclic) bond motifs is 3. The first-order valence-electron chi connectivity index (χ1n) is 12.3. The number of piperazine rings is 1. The molecule has 32 heavy (non-hydrogen) atoms. The summed E-state index contributed by atoms with van der Waals surface area (Å²) < 4.78 is 0. The second-order valence-corrected chi connectivity index (χ2v) is 9.68. The molecule has 1 saturated carbocycles. The van der Waals surface area contributed by atoms with Gasteiger partial charge in [-0.25, -0.2) is 0 Å². The van der Waals surface area contributed by atoms with E-state index in [4.69, 9.17) is 4.99 Å². The molecule has 1 amide bonds. The number of hydrogen-bond donors (Lipinski definition) is 1. The number of nitrogens with zero attached hydrogens (tertiary/aromatic N) is 4. The first-order chi connectivity index (χ1) is 15.2. The van der Waals surface area contributed by atoms with Crippen LogP contribution >= 0.6 is 24.0 Å². The van der Waals surface area contributed by atoms with Crippen LogP contribution in [0, 0.1) is 11.8 Å². The van der Waals surface area contributed by atoms with Crippen molar-refractivity contribution in [1.29, 1.82) is 0 Å². The summed E-state index contributed by atoms with van der Waals surface area (Å²) in [5.74, 6) is 3.62. The molecule has 0 aromatic heterocycles. The highest BCUT2D eigenvalue weighted by atomic mass is 127. The molecule has 3 fully saturated rings. The number of benzene rings is 1. The van der Waals surface area contributed by atoms with Crippen LogP contribution < -0.4 is 5.32 Å². The van der Waals surface area contributed by atoms with E-state index >= 15 is 0 Å². The molecule has 1 aromatic carbocycles. The average molecular weight is 552 g/mol. The van der Waals surface area contributed by atoms with Crippen molar-refractivity contribution in [2.24, 2.45) is 16.8 Å². The monoisotopic (exact) mass is 551 g/mol. The molecule has 0 spiro atoms. The fraction of sp³-hybridized carbons (Fsp3) is 0.680. The normalized spacial score (nSPS) is 28.1. The SMILES string of the molecule is CCNC(=NCC1C2Cc3ccccc3C12)N1CCN(C(C)C(=O)N2CCCC2)CC1.I. The Morgan fingerprint density at radius 2 is 1.81 bits per heavy atom. The average Bonchev–Trinajstić information content (AvgIpc) is 3.16. The smallest absolute Gasteiger partial charge is 0.239 e. The number of amides is 1. The first-order valence-corrected chi connectivity index (χ1v) is 12.3. The Labute approximate surface area is 209 Å². The zero-order valence-corrected chi connectivity index (χ0v) is 21.8. The van der Waals surface area contributed by atoms with E-state index in [-0.39, 0.29) is 30.0 Å². The highest BCUT2D eigenvalue weighted by Crippen LogP contribution is 2.61. The zero-order chi connectivity index (χ0) is 21.4. The summed E-state index contributed by atoms with van der Waals surface area (Å²) >= 11 is 0. The highest BCUT2D eigenvalue weighted by Gasteiger charge is 2.55. The summed E-state index contributed by atoms with van der Waals surface area (Å²) in [6, 6.07) is 8.95. The molecule has 6 nitrogen and oxygen atoms in total. The van der Waals surface area contributed by atoms with Crippen molar-refractivity contribution in [3.63, 3.8) is 0 Å². The molecule has 1 N–H and O–H groups in total. The van der Waals surface area contributed by atoms with Crippen LogP contribution in [0.1, 0.15) is 43.7 Å². The number of hydrogen-bond acceptors (Lipinski definition) is 3. The van der Waals surface area contributed by atoms with Gasteiger partial charge in [0.25, 0.3) is 0 Å². The van der Waals surface area contributed by atoms with Gasteiger partial charge in [0.05, 0.1) is 6.04 Å². The van der Waals surface area contributed by atoms with Crippen LogP contribution in [0.15, 0.2) is 29.3 Å². The van der Waals surface area contributed by atoms with Gasteiger partial charge >= 0.3 is 0 Å². The second kappa shape index (κ2) is 10.3. The Morgan fingerprint density at radius 3 is 2.53 bits per heavy atom. The van der Waals surface area contributed by atoms with Gasteiger partial charge in [0.1, 0.15) is 0 Å². The van der Waals surface area contributed by atoms with Gasteiger partial charge in [-0.3, -0.25) is 14.7 Å². The number of rotatable bonds is 5. The van der Waals surface area contributed by atoms with Crippen molar-refractivity contribution in [3.05, 3.63) is 35.4 Å². The number of carbonyl (C=O) groups is 1. The molecule has 0 bridgehead atoms. The first kappa shape index (κ1) is 23.8. The maximum atomic E-state index is 12.8. The maximum Gasteiger partial charge on any atom is 0.239 e. The minimum absolute atomic E-state index is 0. The molecule has 5 rings (SSSR count). The molecule has 2 heterocycles. The molecular formula is C25H38IN5O. The third kappa shape index (κ3) is 4.65. The topological polar surface area (TPSA) is 51.2 Å². The van der Waals surface area contributed by atoms with Crippen LogP contribution in [0.2, 0.25) is 0 Å².